The second-order valence-corrected chi connectivity index (χ2v) is 16.9. The zero-order chi connectivity index (χ0) is 41.4. The standard InChI is InChI=1S/2C24H50N2O2.Zn/c2*1-2-3-4-5-6-7-8-9-10-11-12-13-14-15-16-19-22-26-23(24(27)28)20-17-18-21-25;/h2*23,26H,2-22,25H2,1H3,(H,27,28);/t2*23-;/m00./s1. The van der Waals surface area contributed by atoms with E-state index in [0.717, 1.165) is 51.6 Å². The second-order valence-electron chi connectivity index (χ2n) is 16.9. The van der Waals surface area contributed by atoms with Gasteiger partial charge in [-0.25, -0.2) is 0 Å². The minimum absolute atomic E-state index is 0. The fraction of sp³-hybridized carbons (Fsp3) is 0.958. The molecule has 8 nitrogen and oxygen atoms in total. The van der Waals surface area contributed by atoms with Gasteiger partial charge in [0.15, 0.2) is 0 Å². The van der Waals surface area contributed by atoms with Crippen molar-refractivity contribution in [1.82, 2.24) is 10.6 Å². The van der Waals surface area contributed by atoms with E-state index in [2.05, 4.69) is 24.5 Å². The minimum atomic E-state index is -0.728. The number of rotatable bonds is 46. The monoisotopic (exact) mass is 861 g/mol. The molecule has 0 unspecified atom stereocenters. The molecule has 9 heteroatoms. The fourth-order valence-corrected chi connectivity index (χ4v) is 7.51. The molecule has 2 atom stereocenters. The van der Waals surface area contributed by atoms with Gasteiger partial charge in [-0.1, -0.05) is 219 Å². The zero-order valence-electron chi connectivity index (χ0n) is 38.4. The number of nitrogens with two attached hydrogens (primary N) is 2. The van der Waals surface area contributed by atoms with E-state index in [1.165, 1.54) is 193 Å². The van der Waals surface area contributed by atoms with Crippen molar-refractivity contribution in [2.75, 3.05) is 26.2 Å². The van der Waals surface area contributed by atoms with Crippen LogP contribution in [-0.2, 0) is 29.1 Å². The number of hydrogen-bond donors (Lipinski definition) is 6. The maximum Gasteiger partial charge on any atom is 0.320 e. The second kappa shape index (κ2) is 53.4. The molecule has 338 valence electrons. The summed E-state index contributed by atoms with van der Waals surface area (Å²) in [6, 6.07) is -0.800. The Morgan fingerprint density at radius 2 is 0.579 bits per heavy atom. The van der Waals surface area contributed by atoms with Crippen LogP contribution in [0.25, 0.3) is 0 Å². The van der Waals surface area contributed by atoms with E-state index < -0.39 is 24.0 Å². The number of aliphatic carboxylic acids is 2. The summed E-state index contributed by atoms with van der Waals surface area (Å²) < 4.78 is 0. The van der Waals surface area contributed by atoms with Crippen molar-refractivity contribution in [3.8, 4) is 0 Å². The Kier molecular flexibility index (Phi) is 56.9. The van der Waals surface area contributed by atoms with Gasteiger partial charge in [0.1, 0.15) is 12.1 Å². The maximum atomic E-state index is 11.2. The van der Waals surface area contributed by atoms with Crippen molar-refractivity contribution in [3.05, 3.63) is 0 Å². The zero-order valence-corrected chi connectivity index (χ0v) is 41.4. The van der Waals surface area contributed by atoms with E-state index in [0.29, 0.717) is 25.9 Å². The van der Waals surface area contributed by atoms with Gasteiger partial charge in [-0.2, -0.15) is 0 Å². The van der Waals surface area contributed by atoms with Crippen LogP contribution in [-0.4, -0.2) is 60.4 Å². The van der Waals surface area contributed by atoms with Gasteiger partial charge in [0.05, 0.1) is 0 Å². The van der Waals surface area contributed by atoms with Crippen LogP contribution < -0.4 is 22.1 Å². The first kappa shape index (κ1) is 60.7. The molecule has 0 spiro atoms. The molecule has 0 radical (unpaired) electrons. The van der Waals surface area contributed by atoms with E-state index in [-0.39, 0.29) is 19.5 Å². The maximum absolute atomic E-state index is 11.2. The van der Waals surface area contributed by atoms with Gasteiger partial charge >= 0.3 is 11.9 Å². The number of carbonyl (C=O) groups is 2. The summed E-state index contributed by atoms with van der Waals surface area (Å²) in [6.45, 7) is 7.48. The van der Waals surface area contributed by atoms with Crippen molar-refractivity contribution in [2.45, 2.75) is 270 Å². The molecule has 0 aliphatic carbocycles. The normalized spacial score (nSPS) is 12.1. The summed E-state index contributed by atoms with van der Waals surface area (Å²) in [4.78, 5) is 22.4. The van der Waals surface area contributed by atoms with Gasteiger partial charge in [-0.3, -0.25) is 9.59 Å². The summed E-state index contributed by atoms with van der Waals surface area (Å²) in [5.74, 6) is -1.46. The molecule has 0 aromatic rings. The molecule has 8 N–H and O–H groups in total. The van der Waals surface area contributed by atoms with Crippen LogP contribution in [0.3, 0.4) is 0 Å². The first-order valence-corrected chi connectivity index (χ1v) is 24.8. The molecular formula is C48H100N4O4Zn. The molecule has 0 saturated heterocycles. The fourth-order valence-electron chi connectivity index (χ4n) is 7.51. The van der Waals surface area contributed by atoms with Gasteiger partial charge in [0, 0.05) is 19.5 Å². The van der Waals surface area contributed by atoms with Crippen molar-refractivity contribution in [3.63, 3.8) is 0 Å². The Morgan fingerprint density at radius 1 is 0.368 bits per heavy atom. The van der Waals surface area contributed by atoms with Crippen molar-refractivity contribution < 1.29 is 39.3 Å². The van der Waals surface area contributed by atoms with Crippen LogP contribution in [0.2, 0.25) is 0 Å². The Hall–Kier alpha value is -0.597. The molecule has 0 aromatic carbocycles. The van der Waals surface area contributed by atoms with Gasteiger partial charge in [0.2, 0.25) is 0 Å². The number of carboxylic acid groups (broad SMARTS) is 2. The van der Waals surface area contributed by atoms with Gasteiger partial charge in [-0.15, -0.1) is 0 Å². The predicted molar refractivity (Wildman–Crippen MR) is 244 cm³/mol. The molecule has 0 amide bonds. The van der Waals surface area contributed by atoms with E-state index >= 15 is 0 Å². The molecule has 0 saturated carbocycles. The Balaban J connectivity index is -0.00000101. The number of hydrogen-bond acceptors (Lipinski definition) is 6. The average Bonchev–Trinajstić information content (AvgIpc) is 3.19. The quantitative estimate of drug-likeness (QED) is 0.0262. The van der Waals surface area contributed by atoms with E-state index in [1.807, 2.05) is 0 Å². The van der Waals surface area contributed by atoms with Gasteiger partial charge < -0.3 is 32.3 Å². The first-order valence-electron chi connectivity index (χ1n) is 24.8. The van der Waals surface area contributed by atoms with Crippen LogP contribution in [0.15, 0.2) is 0 Å². The SMILES string of the molecule is CCCCCCCCCCCCCCCCCCN[C@@H](CCCCN)C(=O)O.CCCCCCCCCCCCCCCCCCN[C@@H](CCCCN)C(=O)O.[Zn]. The van der Waals surface area contributed by atoms with Crippen LogP contribution in [0, 0.1) is 0 Å². The molecule has 0 fully saturated rings. The molecule has 0 bridgehead atoms. The molecule has 57 heavy (non-hydrogen) atoms. The molecular weight excluding hydrogens is 762 g/mol. The third-order valence-corrected chi connectivity index (χ3v) is 11.3. The van der Waals surface area contributed by atoms with Crippen molar-refractivity contribution >= 4 is 11.9 Å². The van der Waals surface area contributed by atoms with Gasteiger partial charge in [0.25, 0.3) is 0 Å². The van der Waals surface area contributed by atoms with Crippen molar-refractivity contribution in [1.29, 1.82) is 0 Å². The summed E-state index contributed by atoms with van der Waals surface area (Å²) in [5, 5.41) is 24.8. The number of unbranched alkanes of at least 4 members (excludes halogenated alkanes) is 32. The van der Waals surface area contributed by atoms with Crippen LogP contribution >= 0.6 is 0 Å². The Bertz CT molecular complexity index is 717. The van der Waals surface area contributed by atoms with E-state index in [4.69, 9.17) is 11.5 Å². The van der Waals surface area contributed by atoms with Crippen LogP contribution in [0.1, 0.15) is 258 Å². The Labute approximate surface area is 367 Å². The molecule has 0 rings (SSSR count). The largest absolute Gasteiger partial charge is 0.480 e. The summed E-state index contributed by atoms with van der Waals surface area (Å²) in [7, 11) is 0. The smallest absolute Gasteiger partial charge is 0.320 e. The van der Waals surface area contributed by atoms with E-state index in [9.17, 15) is 19.8 Å². The summed E-state index contributed by atoms with van der Waals surface area (Å²) in [6.07, 6.45) is 48.6. The predicted octanol–water partition coefficient (Wildman–Crippen LogP) is 12.8. The van der Waals surface area contributed by atoms with Crippen LogP contribution in [0.4, 0.5) is 0 Å². The molecule has 0 aliphatic heterocycles. The van der Waals surface area contributed by atoms with Crippen molar-refractivity contribution in [2.24, 2.45) is 11.5 Å². The van der Waals surface area contributed by atoms with Gasteiger partial charge in [-0.05, 0) is 64.7 Å². The third-order valence-electron chi connectivity index (χ3n) is 11.3. The summed E-state index contributed by atoms with van der Waals surface area (Å²) in [5.41, 5.74) is 10.9. The van der Waals surface area contributed by atoms with Crippen LogP contribution in [0.5, 0.6) is 0 Å². The third kappa shape index (κ3) is 51.5. The molecule has 0 aliphatic rings. The summed E-state index contributed by atoms with van der Waals surface area (Å²) >= 11 is 0. The number of nitrogens with one attached hydrogen (secondary N) is 2. The number of carboxylic acids is 2. The average molecular weight is 863 g/mol. The minimum Gasteiger partial charge on any atom is -0.480 e. The topological polar surface area (TPSA) is 151 Å². The van der Waals surface area contributed by atoms with E-state index in [1.54, 1.807) is 0 Å². The Morgan fingerprint density at radius 3 is 0.772 bits per heavy atom. The first-order chi connectivity index (χ1) is 27.4. The molecule has 0 heterocycles. The molecule has 0 aromatic heterocycles.